The predicted octanol–water partition coefficient (Wildman–Crippen LogP) is 3.78. The molecule has 0 fully saturated rings. The molecule has 22 heavy (non-hydrogen) atoms. The summed E-state index contributed by atoms with van der Waals surface area (Å²) in [5.74, 6) is 0.778. The average molecular weight is 322 g/mol. The third kappa shape index (κ3) is 3.31. The van der Waals surface area contributed by atoms with Crippen molar-refractivity contribution in [3.63, 3.8) is 0 Å². The molecule has 1 aliphatic rings. The third-order valence-corrected chi connectivity index (χ3v) is 3.60. The summed E-state index contributed by atoms with van der Waals surface area (Å²) in [6.07, 6.45) is 0.842. The Labute approximate surface area is 131 Å². The highest BCUT2D eigenvalue weighted by molar-refractivity contribution is 6.33. The van der Waals surface area contributed by atoms with Gasteiger partial charge in [0.2, 0.25) is 12.7 Å². The molecule has 0 saturated carbocycles. The van der Waals surface area contributed by atoms with Gasteiger partial charge in [-0.25, -0.2) is 4.39 Å². The molecular formula is C16H13ClFNO3. The number of amides is 1. The highest BCUT2D eigenvalue weighted by Gasteiger charge is 2.14. The number of halogens is 2. The molecule has 0 radical (unpaired) electrons. The van der Waals surface area contributed by atoms with Crippen LogP contribution in [0.3, 0.4) is 0 Å². The van der Waals surface area contributed by atoms with E-state index in [1.807, 2.05) is 18.2 Å². The lowest BCUT2D eigenvalue weighted by Crippen LogP contribution is -2.12. The number of carbonyl (C=O) groups excluding carboxylic acids is 1. The summed E-state index contributed by atoms with van der Waals surface area (Å²) in [5, 5.41) is 2.84. The maximum Gasteiger partial charge on any atom is 0.231 e. The van der Waals surface area contributed by atoms with E-state index in [4.69, 9.17) is 21.1 Å². The quantitative estimate of drug-likeness (QED) is 0.932. The van der Waals surface area contributed by atoms with Gasteiger partial charge in [0, 0.05) is 6.42 Å². The number of nitrogens with one attached hydrogen (secondary N) is 1. The molecular weight excluding hydrogens is 309 g/mol. The Bertz CT molecular complexity index is 721. The van der Waals surface area contributed by atoms with Crippen molar-refractivity contribution < 1.29 is 18.7 Å². The van der Waals surface area contributed by atoms with Crippen LogP contribution in [0.15, 0.2) is 36.4 Å². The lowest BCUT2D eigenvalue weighted by atomic mass is 10.1. The van der Waals surface area contributed by atoms with E-state index in [0.717, 1.165) is 11.6 Å². The Morgan fingerprint density at radius 2 is 2.00 bits per heavy atom. The largest absolute Gasteiger partial charge is 0.454 e. The van der Waals surface area contributed by atoms with Gasteiger partial charge in [0.25, 0.3) is 0 Å². The van der Waals surface area contributed by atoms with Gasteiger partial charge in [-0.05, 0) is 42.3 Å². The first-order valence-corrected chi connectivity index (χ1v) is 7.13. The number of carbonyl (C=O) groups is 1. The average Bonchev–Trinajstić information content (AvgIpc) is 2.95. The number of hydrogen-bond acceptors (Lipinski definition) is 3. The minimum absolute atomic E-state index is 0.177. The van der Waals surface area contributed by atoms with Crippen LogP contribution < -0.4 is 14.8 Å². The van der Waals surface area contributed by atoms with Gasteiger partial charge in [-0.3, -0.25) is 4.79 Å². The van der Waals surface area contributed by atoms with E-state index in [0.29, 0.717) is 23.6 Å². The highest BCUT2D eigenvalue weighted by Crippen LogP contribution is 2.32. The number of aryl methyl sites for hydroxylation is 1. The normalized spacial score (nSPS) is 12.3. The number of anilines is 1. The monoisotopic (exact) mass is 321 g/mol. The molecule has 1 heterocycles. The zero-order chi connectivity index (χ0) is 15.5. The molecule has 2 aromatic carbocycles. The fourth-order valence-electron chi connectivity index (χ4n) is 2.16. The number of fused-ring (bicyclic) bond motifs is 1. The van der Waals surface area contributed by atoms with Gasteiger partial charge in [0.15, 0.2) is 11.5 Å². The Morgan fingerprint density at radius 3 is 2.82 bits per heavy atom. The second-order valence-electron chi connectivity index (χ2n) is 4.86. The summed E-state index contributed by atoms with van der Waals surface area (Å²) in [6.45, 7) is 0.225. The Balaban J connectivity index is 1.58. The molecule has 0 aliphatic carbocycles. The number of hydrogen-bond donors (Lipinski definition) is 1. The summed E-state index contributed by atoms with van der Waals surface area (Å²) in [4.78, 5) is 11.9. The van der Waals surface area contributed by atoms with Crippen LogP contribution in [0.4, 0.5) is 10.1 Å². The summed E-state index contributed by atoms with van der Waals surface area (Å²) < 4.78 is 23.5. The number of rotatable bonds is 4. The zero-order valence-electron chi connectivity index (χ0n) is 11.6. The van der Waals surface area contributed by atoms with Crippen LogP contribution in [-0.2, 0) is 11.2 Å². The SMILES string of the molecule is O=C(CCc1ccc2c(c1)OCO2)Nc1ccc(F)cc1Cl. The molecule has 2 aromatic rings. The fraction of sp³-hybridized carbons (Fsp3) is 0.188. The first-order valence-electron chi connectivity index (χ1n) is 6.75. The van der Waals surface area contributed by atoms with Gasteiger partial charge in [-0.15, -0.1) is 0 Å². The minimum atomic E-state index is -0.441. The van der Waals surface area contributed by atoms with Gasteiger partial charge in [0.1, 0.15) is 5.82 Å². The standard InChI is InChI=1S/C16H13ClFNO3/c17-12-8-11(18)3-4-13(12)19-16(20)6-2-10-1-5-14-15(7-10)22-9-21-14/h1,3-5,7-8H,2,6,9H2,(H,19,20). The van der Waals surface area contributed by atoms with Gasteiger partial charge in [-0.1, -0.05) is 17.7 Å². The fourth-order valence-corrected chi connectivity index (χ4v) is 2.37. The van der Waals surface area contributed by atoms with Crippen LogP contribution in [0.25, 0.3) is 0 Å². The summed E-state index contributed by atoms with van der Waals surface area (Å²) in [5.41, 5.74) is 1.38. The van der Waals surface area contributed by atoms with Crippen molar-refractivity contribution in [1.82, 2.24) is 0 Å². The maximum atomic E-state index is 12.9. The van der Waals surface area contributed by atoms with Crippen molar-refractivity contribution in [3.8, 4) is 11.5 Å². The molecule has 6 heteroatoms. The number of ether oxygens (including phenoxy) is 2. The van der Waals surface area contributed by atoms with Crippen molar-refractivity contribution in [2.24, 2.45) is 0 Å². The molecule has 3 rings (SSSR count). The van der Waals surface area contributed by atoms with Crippen molar-refractivity contribution in [3.05, 3.63) is 52.8 Å². The van der Waals surface area contributed by atoms with Crippen LogP contribution in [0.5, 0.6) is 11.5 Å². The topological polar surface area (TPSA) is 47.6 Å². The molecule has 1 aliphatic heterocycles. The molecule has 1 amide bonds. The molecule has 0 saturated heterocycles. The van der Waals surface area contributed by atoms with E-state index >= 15 is 0 Å². The summed E-state index contributed by atoms with van der Waals surface area (Å²) in [7, 11) is 0. The summed E-state index contributed by atoms with van der Waals surface area (Å²) >= 11 is 5.87. The lowest BCUT2D eigenvalue weighted by Gasteiger charge is -2.07. The third-order valence-electron chi connectivity index (χ3n) is 3.28. The lowest BCUT2D eigenvalue weighted by molar-refractivity contribution is -0.116. The molecule has 0 aromatic heterocycles. The Hall–Kier alpha value is -2.27. The van der Waals surface area contributed by atoms with Gasteiger partial charge in [0.05, 0.1) is 10.7 Å². The smallest absolute Gasteiger partial charge is 0.231 e. The summed E-state index contributed by atoms with van der Waals surface area (Å²) in [6, 6.07) is 9.43. The molecule has 0 atom stereocenters. The van der Waals surface area contributed by atoms with E-state index in [1.165, 1.54) is 12.1 Å². The van der Waals surface area contributed by atoms with Crippen molar-refractivity contribution in [2.75, 3.05) is 12.1 Å². The van der Waals surface area contributed by atoms with Crippen molar-refractivity contribution >= 4 is 23.2 Å². The van der Waals surface area contributed by atoms with Crippen molar-refractivity contribution in [2.45, 2.75) is 12.8 Å². The predicted molar refractivity (Wildman–Crippen MR) is 80.9 cm³/mol. The maximum absolute atomic E-state index is 12.9. The molecule has 0 bridgehead atoms. The van der Waals surface area contributed by atoms with Crippen LogP contribution in [-0.4, -0.2) is 12.7 Å². The second kappa shape index (κ2) is 6.23. The molecule has 114 valence electrons. The molecule has 1 N–H and O–H groups in total. The molecule has 0 spiro atoms. The first kappa shape index (κ1) is 14.7. The highest BCUT2D eigenvalue weighted by atomic mass is 35.5. The second-order valence-corrected chi connectivity index (χ2v) is 5.27. The van der Waals surface area contributed by atoms with Crippen LogP contribution in [0.2, 0.25) is 5.02 Å². The van der Waals surface area contributed by atoms with Crippen LogP contribution >= 0.6 is 11.6 Å². The van der Waals surface area contributed by atoms with E-state index in [-0.39, 0.29) is 24.1 Å². The molecule has 4 nitrogen and oxygen atoms in total. The van der Waals surface area contributed by atoms with Crippen LogP contribution in [0, 0.1) is 5.82 Å². The van der Waals surface area contributed by atoms with E-state index in [1.54, 1.807) is 0 Å². The van der Waals surface area contributed by atoms with E-state index < -0.39 is 5.82 Å². The minimum Gasteiger partial charge on any atom is -0.454 e. The number of benzene rings is 2. The zero-order valence-corrected chi connectivity index (χ0v) is 12.3. The van der Waals surface area contributed by atoms with E-state index in [2.05, 4.69) is 5.32 Å². The first-order chi connectivity index (χ1) is 10.6. The Kier molecular flexibility index (Phi) is 4.15. The van der Waals surface area contributed by atoms with E-state index in [9.17, 15) is 9.18 Å². The van der Waals surface area contributed by atoms with Crippen molar-refractivity contribution in [1.29, 1.82) is 0 Å². The van der Waals surface area contributed by atoms with Gasteiger partial charge in [-0.2, -0.15) is 0 Å². The van der Waals surface area contributed by atoms with Crippen LogP contribution in [0.1, 0.15) is 12.0 Å². The Morgan fingerprint density at radius 1 is 1.18 bits per heavy atom. The van der Waals surface area contributed by atoms with Gasteiger partial charge >= 0.3 is 0 Å². The van der Waals surface area contributed by atoms with Gasteiger partial charge < -0.3 is 14.8 Å². The molecule has 0 unspecified atom stereocenters.